The number of amides is 2. The zero-order valence-corrected chi connectivity index (χ0v) is 12.4. The SMILES string of the molecule is C[C@]1(C(=O)NC(CCC(=O)O)C(=O)O)CCCN1C(=O)CN. The highest BCUT2D eigenvalue weighted by Gasteiger charge is 2.46. The first-order valence-electron chi connectivity index (χ1n) is 6.98. The van der Waals surface area contributed by atoms with Crippen molar-refractivity contribution in [1.29, 1.82) is 0 Å². The summed E-state index contributed by atoms with van der Waals surface area (Å²) in [6.45, 7) is 1.70. The highest BCUT2D eigenvalue weighted by atomic mass is 16.4. The summed E-state index contributed by atoms with van der Waals surface area (Å²) in [5, 5.41) is 20.0. The highest BCUT2D eigenvalue weighted by molar-refractivity contribution is 5.94. The van der Waals surface area contributed by atoms with Gasteiger partial charge in [-0.05, 0) is 26.2 Å². The second-order valence-corrected chi connectivity index (χ2v) is 5.42. The number of likely N-dealkylation sites (tertiary alicyclic amines) is 1. The van der Waals surface area contributed by atoms with E-state index in [9.17, 15) is 19.2 Å². The lowest BCUT2D eigenvalue weighted by atomic mass is 9.96. The number of carboxylic acid groups (broad SMARTS) is 2. The van der Waals surface area contributed by atoms with E-state index in [1.165, 1.54) is 4.90 Å². The Kier molecular flexibility index (Phi) is 5.86. The van der Waals surface area contributed by atoms with Crippen molar-refractivity contribution < 1.29 is 29.4 Å². The fourth-order valence-electron chi connectivity index (χ4n) is 2.55. The molecule has 0 spiro atoms. The van der Waals surface area contributed by atoms with Crippen LogP contribution < -0.4 is 11.1 Å². The Balaban J connectivity index is 2.81. The Labute approximate surface area is 127 Å². The van der Waals surface area contributed by atoms with E-state index >= 15 is 0 Å². The number of nitrogens with zero attached hydrogens (tertiary/aromatic N) is 1. The van der Waals surface area contributed by atoms with E-state index < -0.39 is 29.4 Å². The monoisotopic (exact) mass is 315 g/mol. The summed E-state index contributed by atoms with van der Waals surface area (Å²) in [7, 11) is 0. The number of carbonyl (C=O) groups excluding carboxylic acids is 2. The van der Waals surface area contributed by atoms with Crippen LogP contribution in [0.1, 0.15) is 32.6 Å². The van der Waals surface area contributed by atoms with Gasteiger partial charge in [0.15, 0.2) is 0 Å². The van der Waals surface area contributed by atoms with Crippen molar-refractivity contribution in [3.05, 3.63) is 0 Å². The van der Waals surface area contributed by atoms with Gasteiger partial charge in [-0.25, -0.2) is 4.79 Å². The van der Waals surface area contributed by atoms with Crippen LogP contribution in [0.5, 0.6) is 0 Å². The quantitative estimate of drug-likeness (QED) is 0.459. The molecule has 9 nitrogen and oxygen atoms in total. The van der Waals surface area contributed by atoms with Crippen molar-refractivity contribution in [2.45, 2.75) is 44.2 Å². The van der Waals surface area contributed by atoms with Crippen LogP contribution in [-0.2, 0) is 19.2 Å². The molecule has 9 heteroatoms. The van der Waals surface area contributed by atoms with E-state index in [1.807, 2.05) is 0 Å². The predicted octanol–water partition coefficient (Wildman–Crippen LogP) is -1.24. The number of hydrogen-bond acceptors (Lipinski definition) is 5. The van der Waals surface area contributed by atoms with Crippen LogP contribution in [0.2, 0.25) is 0 Å². The number of nitrogens with two attached hydrogens (primary N) is 1. The van der Waals surface area contributed by atoms with E-state index in [1.54, 1.807) is 6.92 Å². The molecule has 1 saturated heterocycles. The standard InChI is InChI=1S/C13H21N3O6/c1-13(5-2-6-16(13)9(17)7-14)12(22)15-8(11(20)21)3-4-10(18)19/h8H,2-7,14H2,1H3,(H,15,22)(H,18,19)(H,20,21)/t8?,13-/m1/s1. The zero-order chi connectivity index (χ0) is 16.9. The maximum atomic E-state index is 12.4. The summed E-state index contributed by atoms with van der Waals surface area (Å²) in [4.78, 5) is 47.2. The minimum absolute atomic E-state index is 0.225. The summed E-state index contributed by atoms with van der Waals surface area (Å²) < 4.78 is 0. The van der Waals surface area contributed by atoms with Gasteiger partial charge in [0.2, 0.25) is 11.8 Å². The molecule has 1 rings (SSSR count). The fourth-order valence-corrected chi connectivity index (χ4v) is 2.55. The van der Waals surface area contributed by atoms with Gasteiger partial charge in [0.25, 0.3) is 0 Å². The molecule has 22 heavy (non-hydrogen) atoms. The van der Waals surface area contributed by atoms with Crippen LogP contribution >= 0.6 is 0 Å². The molecule has 1 aliphatic heterocycles. The summed E-state index contributed by atoms with van der Waals surface area (Å²) >= 11 is 0. The summed E-state index contributed by atoms with van der Waals surface area (Å²) in [6.07, 6.45) is 0.412. The van der Waals surface area contributed by atoms with Crippen LogP contribution in [0, 0.1) is 0 Å². The molecule has 0 radical (unpaired) electrons. The lowest BCUT2D eigenvalue weighted by molar-refractivity contribution is -0.147. The molecule has 1 fully saturated rings. The predicted molar refractivity (Wildman–Crippen MR) is 74.8 cm³/mol. The van der Waals surface area contributed by atoms with Crippen LogP contribution in [0.25, 0.3) is 0 Å². The minimum atomic E-state index is -1.31. The van der Waals surface area contributed by atoms with Gasteiger partial charge in [-0.2, -0.15) is 0 Å². The van der Waals surface area contributed by atoms with E-state index in [4.69, 9.17) is 15.9 Å². The molecule has 1 unspecified atom stereocenters. The van der Waals surface area contributed by atoms with E-state index in [0.717, 1.165) is 0 Å². The van der Waals surface area contributed by atoms with Crippen molar-refractivity contribution in [2.24, 2.45) is 5.73 Å². The smallest absolute Gasteiger partial charge is 0.326 e. The maximum absolute atomic E-state index is 12.4. The van der Waals surface area contributed by atoms with E-state index in [2.05, 4.69) is 5.32 Å². The third-order valence-electron chi connectivity index (χ3n) is 3.86. The normalized spacial score (nSPS) is 22.2. The Bertz CT molecular complexity index is 480. The molecule has 5 N–H and O–H groups in total. The van der Waals surface area contributed by atoms with Gasteiger partial charge in [0.1, 0.15) is 11.6 Å². The summed E-state index contributed by atoms with van der Waals surface area (Å²) in [5.74, 6) is -3.45. The maximum Gasteiger partial charge on any atom is 0.326 e. The third kappa shape index (κ3) is 3.94. The fraction of sp³-hybridized carbons (Fsp3) is 0.692. The first kappa shape index (κ1) is 17.9. The van der Waals surface area contributed by atoms with Gasteiger partial charge in [-0.15, -0.1) is 0 Å². The molecule has 1 heterocycles. The first-order valence-corrected chi connectivity index (χ1v) is 6.98. The van der Waals surface area contributed by atoms with Crippen LogP contribution in [0.4, 0.5) is 0 Å². The van der Waals surface area contributed by atoms with Gasteiger partial charge in [0, 0.05) is 13.0 Å². The number of aliphatic carboxylic acids is 2. The first-order chi connectivity index (χ1) is 10.2. The van der Waals surface area contributed by atoms with Gasteiger partial charge in [-0.1, -0.05) is 0 Å². The number of carbonyl (C=O) groups is 4. The minimum Gasteiger partial charge on any atom is -0.481 e. The Morgan fingerprint density at radius 2 is 1.95 bits per heavy atom. The Morgan fingerprint density at radius 1 is 1.32 bits per heavy atom. The van der Waals surface area contributed by atoms with Crippen LogP contribution in [-0.4, -0.2) is 63.5 Å². The Morgan fingerprint density at radius 3 is 2.45 bits per heavy atom. The second kappa shape index (κ2) is 7.21. The molecular weight excluding hydrogens is 294 g/mol. The highest BCUT2D eigenvalue weighted by Crippen LogP contribution is 2.29. The van der Waals surface area contributed by atoms with Crippen molar-refractivity contribution >= 4 is 23.8 Å². The topological polar surface area (TPSA) is 150 Å². The summed E-state index contributed by atoms with van der Waals surface area (Å²) in [5.41, 5.74) is 4.16. The third-order valence-corrected chi connectivity index (χ3v) is 3.86. The van der Waals surface area contributed by atoms with Crippen molar-refractivity contribution in [2.75, 3.05) is 13.1 Å². The molecule has 0 aromatic heterocycles. The van der Waals surface area contributed by atoms with E-state index in [0.29, 0.717) is 19.4 Å². The molecule has 2 amide bonds. The molecule has 0 aromatic carbocycles. The van der Waals surface area contributed by atoms with Crippen molar-refractivity contribution in [3.8, 4) is 0 Å². The Hall–Kier alpha value is -2.16. The number of carboxylic acids is 2. The largest absolute Gasteiger partial charge is 0.481 e. The molecule has 1 aliphatic rings. The van der Waals surface area contributed by atoms with E-state index in [-0.39, 0.29) is 25.3 Å². The summed E-state index contributed by atoms with van der Waals surface area (Å²) in [6, 6.07) is -1.31. The molecule has 2 atom stereocenters. The average molecular weight is 315 g/mol. The van der Waals surface area contributed by atoms with Gasteiger partial charge in [0.05, 0.1) is 6.54 Å². The molecule has 0 aliphatic carbocycles. The second-order valence-electron chi connectivity index (χ2n) is 5.42. The molecule has 0 saturated carbocycles. The molecular formula is C13H21N3O6. The zero-order valence-electron chi connectivity index (χ0n) is 12.4. The molecule has 124 valence electrons. The van der Waals surface area contributed by atoms with Crippen LogP contribution in [0.3, 0.4) is 0 Å². The van der Waals surface area contributed by atoms with Crippen molar-refractivity contribution in [3.63, 3.8) is 0 Å². The molecule has 0 bridgehead atoms. The number of rotatable bonds is 7. The van der Waals surface area contributed by atoms with Gasteiger partial charge >= 0.3 is 11.9 Å². The van der Waals surface area contributed by atoms with Crippen LogP contribution in [0.15, 0.2) is 0 Å². The van der Waals surface area contributed by atoms with Crippen molar-refractivity contribution in [1.82, 2.24) is 10.2 Å². The van der Waals surface area contributed by atoms with Gasteiger partial charge < -0.3 is 26.2 Å². The number of nitrogens with one attached hydrogen (secondary N) is 1. The lowest BCUT2D eigenvalue weighted by Gasteiger charge is -2.34. The average Bonchev–Trinajstić information content (AvgIpc) is 2.85. The lowest BCUT2D eigenvalue weighted by Crippen LogP contribution is -2.59. The molecule has 0 aromatic rings. The van der Waals surface area contributed by atoms with Gasteiger partial charge in [-0.3, -0.25) is 14.4 Å². The number of hydrogen-bond donors (Lipinski definition) is 4.